The molecule has 0 amide bonds. The van der Waals surface area contributed by atoms with Crippen molar-refractivity contribution in [1.82, 2.24) is 9.97 Å². The van der Waals surface area contributed by atoms with Crippen molar-refractivity contribution in [2.75, 3.05) is 0 Å². The highest BCUT2D eigenvalue weighted by atomic mass is 14.9. The molecule has 6 heteroatoms. The molecule has 0 saturated carbocycles. The Morgan fingerprint density at radius 1 is 0.297 bits per heavy atom. The Hall–Kier alpha value is -6.14. The SMILES string of the molecule is CC1=Nc2c(cccc2C(C)C)CCc2cccc(C(C)C)c2N=C(C)c2cccc(n2)C(C)=Nc2c(cccc2C(C)C)CCc2cccc(C(C)C)c2N=C(C)c2cccc1n2. The summed E-state index contributed by atoms with van der Waals surface area (Å²) in [6.07, 6.45) is 3.26. The number of nitrogens with zero attached hydrogens (tertiary/aromatic N) is 6. The molecule has 6 aromatic rings. The lowest BCUT2D eigenvalue weighted by Gasteiger charge is -2.18. The van der Waals surface area contributed by atoms with E-state index in [9.17, 15) is 0 Å². The zero-order valence-corrected chi connectivity index (χ0v) is 40.2. The fourth-order valence-electron chi connectivity index (χ4n) is 8.77. The largest absolute Gasteiger partial charge is 0.251 e. The van der Waals surface area contributed by atoms with Crippen molar-refractivity contribution >= 4 is 45.6 Å². The maximum atomic E-state index is 5.42. The highest BCUT2D eigenvalue weighted by Crippen LogP contribution is 2.38. The van der Waals surface area contributed by atoms with Gasteiger partial charge in [-0.3, -0.25) is 20.0 Å². The molecule has 0 N–H and O–H groups in total. The molecule has 0 aliphatic carbocycles. The molecule has 2 aromatic heterocycles. The van der Waals surface area contributed by atoms with Crippen molar-refractivity contribution in [2.45, 2.75) is 132 Å². The molecule has 328 valence electrons. The first-order valence-corrected chi connectivity index (χ1v) is 23.3. The molecular formula is C58H66N6. The van der Waals surface area contributed by atoms with E-state index in [1.54, 1.807) is 0 Å². The van der Waals surface area contributed by atoms with Crippen molar-refractivity contribution in [3.63, 3.8) is 0 Å². The number of aryl methyl sites for hydroxylation is 4. The number of hydrogen-bond acceptors (Lipinski definition) is 6. The molecule has 0 fully saturated rings. The number of aromatic nitrogens is 2. The lowest BCUT2D eigenvalue weighted by molar-refractivity contribution is 0.851. The second-order valence-corrected chi connectivity index (χ2v) is 18.6. The van der Waals surface area contributed by atoms with Gasteiger partial charge in [0.2, 0.25) is 0 Å². The summed E-state index contributed by atoms with van der Waals surface area (Å²) in [4.78, 5) is 32.1. The van der Waals surface area contributed by atoms with Gasteiger partial charge in [0.25, 0.3) is 0 Å². The first kappa shape index (κ1) is 45.9. The van der Waals surface area contributed by atoms with Crippen LogP contribution in [0.4, 0.5) is 22.7 Å². The first-order valence-electron chi connectivity index (χ1n) is 23.3. The molecule has 3 heterocycles. The Labute approximate surface area is 382 Å². The van der Waals surface area contributed by atoms with E-state index in [-0.39, 0.29) is 0 Å². The Morgan fingerprint density at radius 3 is 0.703 bits per heavy atom. The highest BCUT2D eigenvalue weighted by molar-refractivity contribution is 6.04. The van der Waals surface area contributed by atoms with Crippen molar-refractivity contribution in [3.8, 4) is 0 Å². The minimum absolute atomic E-state index is 0.297. The average molecular weight is 847 g/mol. The van der Waals surface area contributed by atoms with Gasteiger partial charge in [-0.15, -0.1) is 0 Å². The van der Waals surface area contributed by atoms with E-state index < -0.39 is 0 Å². The van der Waals surface area contributed by atoms with Crippen LogP contribution in [0, 0.1) is 0 Å². The van der Waals surface area contributed by atoms with E-state index in [4.69, 9.17) is 29.9 Å². The molecule has 0 unspecified atom stereocenters. The van der Waals surface area contributed by atoms with Gasteiger partial charge in [0.1, 0.15) is 0 Å². The van der Waals surface area contributed by atoms with Gasteiger partial charge in [-0.25, -0.2) is 9.97 Å². The predicted molar refractivity (Wildman–Crippen MR) is 273 cm³/mol. The van der Waals surface area contributed by atoms with Crippen LogP contribution in [0.2, 0.25) is 0 Å². The van der Waals surface area contributed by atoms with Crippen LogP contribution in [0.3, 0.4) is 0 Å². The van der Waals surface area contributed by atoms with Gasteiger partial charge < -0.3 is 0 Å². The van der Waals surface area contributed by atoms with E-state index >= 15 is 0 Å². The summed E-state index contributed by atoms with van der Waals surface area (Å²) >= 11 is 0. The van der Waals surface area contributed by atoms with Crippen LogP contribution in [0.1, 0.15) is 174 Å². The molecule has 7 rings (SSSR count). The topological polar surface area (TPSA) is 75.2 Å². The van der Waals surface area contributed by atoms with Gasteiger partial charge in [-0.2, -0.15) is 0 Å². The monoisotopic (exact) mass is 847 g/mol. The van der Waals surface area contributed by atoms with Crippen LogP contribution >= 0.6 is 0 Å². The second kappa shape index (κ2) is 20.1. The number of rotatable bonds is 4. The Balaban J connectivity index is 1.44. The molecule has 1 aliphatic heterocycles. The number of benzene rings is 4. The molecule has 4 aromatic carbocycles. The molecule has 1 aliphatic rings. The summed E-state index contributed by atoms with van der Waals surface area (Å²) in [6, 6.07) is 39.0. The van der Waals surface area contributed by atoms with Crippen LogP contribution in [0.25, 0.3) is 0 Å². The first-order chi connectivity index (χ1) is 30.7. The summed E-state index contributed by atoms with van der Waals surface area (Å²) in [5.41, 5.74) is 20.8. The van der Waals surface area contributed by atoms with Crippen molar-refractivity contribution in [2.24, 2.45) is 20.0 Å². The molecule has 0 saturated heterocycles. The van der Waals surface area contributed by atoms with Gasteiger partial charge in [0, 0.05) is 0 Å². The number of aliphatic imine (C=N–C) groups is 4. The fraction of sp³-hybridized carbons (Fsp3) is 0.345. The van der Waals surface area contributed by atoms with Crippen LogP contribution < -0.4 is 0 Å². The van der Waals surface area contributed by atoms with E-state index in [0.717, 1.165) is 94.1 Å². The Bertz CT molecular complexity index is 2410. The lowest BCUT2D eigenvalue weighted by atomic mass is 9.92. The number of pyridine rings is 2. The van der Waals surface area contributed by atoms with Crippen LogP contribution in [0.5, 0.6) is 0 Å². The third kappa shape index (κ3) is 10.3. The molecule has 0 radical (unpaired) electrons. The smallest absolute Gasteiger partial charge is 0.0849 e. The normalized spacial score (nSPS) is 14.0. The second-order valence-electron chi connectivity index (χ2n) is 18.6. The highest BCUT2D eigenvalue weighted by Gasteiger charge is 2.19. The van der Waals surface area contributed by atoms with E-state index in [1.165, 1.54) is 44.5 Å². The van der Waals surface area contributed by atoms with Gasteiger partial charge in [0.05, 0.1) is 68.4 Å². The van der Waals surface area contributed by atoms with Crippen LogP contribution in [0.15, 0.2) is 129 Å². The van der Waals surface area contributed by atoms with Gasteiger partial charge in [-0.05, 0) is 146 Å². The van der Waals surface area contributed by atoms with Crippen LogP contribution in [-0.2, 0) is 25.7 Å². The van der Waals surface area contributed by atoms with E-state index in [2.05, 4.69) is 192 Å². The maximum absolute atomic E-state index is 5.42. The fourth-order valence-corrected chi connectivity index (χ4v) is 8.77. The van der Waals surface area contributed by atoms with Gasteiger partial charge >= 0.3 is 0 Å². The van der Waals surface area contributed by atoms with Crippen LogP contribution in [-0.4, -0.2) is 32.8 Å². The summed E-state index contributed by atoms with van der Waals surface area (Å²) in [5, 5.41) is 0. The summed E-state index contributed by atoms with van der Waals surface area (Å²) in [7, 11) is 0. The standard InChI is InChI=1S/C58H66N6/c1-35(2)47-23-13-19-43-31-32-44-20-14-24-48(36(3)4)56(44)60-41(11)53-29-18-30-54(64-53)42(12)62-58-46(22-16-26-50(58)38(7)8)34-33-45-21-15-25-49(37(5)6)57(45)61-40(10)52-28-17-27-51(63-52)39(9)59-55(43)47/h13-30,35-38H,31-34H2,1-12H3. The molecule has 0 atom stereocenters. The molecule has 0 spiro atoms. The quantitative estimate of drug-likeness (QED) is 0.177. The number of para-hydroxylation sites is 4. The average Bonchev–Trinajstić information content (AvgIpc) is 3.28. The van der Waals surface area contributed by atoms with E-state index in [0.29, 0.717) is 23.7 Å². The minimum Gasteiger partial charge on any atom is -0.251 e. The van der Waals surface area contributed by atoms with Gasteiger partial charge in [0.15, 0.2) is 0 Å². The summed E-state index contributed by atoms with van der Waals surface area (Å²) in [5.74, 6) is 1.19. The number of hydrogen-bond donors (Lipinski definition) is 0. The minimum atomic E-state index is 0.297. The third-order valence-corrected chi connectivity index (χ3v) is 12.5. The Kier molecular flexibility index (Phi) is 14.4. The van der Waals surface area contributed by atoms with E-state index in [1.807, 2.05) is 0 Å². The Morgan fingerprint density at radius 2 is 0.500 bits per heavy atom. The summed E-state index contributed by atoms with van der Waals surface area (Å²) < 4.78 is 0. The molecule has 6 nitrogen and oxygen atoms in total. The van der Waals surface area contributed by atoms with Crippen molar-refractivity contribution in [1.29, 1.82) is 0 Å². The maximum Gasteiger partial charge on any atom is 0.0849 e. The molecular weight excluding hydrogens is 781 g/mol. The predicted octanol–water partition coefficient (Wildman–Crippen LogP) is 15.4. The molecule has 4 bridgehead atoms. The van der Waals surface area contributed by atoms with Gasteiger partial charge in [-0.1, -0.05) is 140 Å². The lowest BCUT2D eigenvalue weighted by Crippen LogP contribution is -2.07. The zero-order chi connectivity index (χ0) is 45.7. The van der Waals surface area contributed by atoms with Crippen molar-refractivity contribution in [3.05, 3.63) is 176 Å². The zero-order valence-electron chi connectivity index (χ0n) is 40.2. The third-order valence-electron chi connectivity index (χ3n) is 12.5. The van der Waals surface area contributed by atoms with Crippen molar-refractivity contribution < 1.29 is 0 Å². The number of fused-ring (bicyclic) bond motifs is 8. The summed E-state index contributed by atoms with van der Waals surface area (Å²) in [6.45, 7) is 26.3. The molecule has 64 heavy (non-hydrogen) atoms.